The van der Waals surface area contributed by atoms with Crippen LogP contribution in [0.1, 0.15) is 18.1 Å². The van der Waals surface area contributed by atoms with Gasteiger partial charge in [0, 0.05) is 19.8 Å². The third-order valence-corrected chi connectivity index (χ3v) is 4.11. The molecule has 0 spiro atoms. The summed E-state index contributed by atoms with van der Waals surface area (Å²) in [6, 6.07) is 5.83. The highest BCUT2D eigenvalue weighted by Gasteiger charge is 2.13. The Morgan fingerprint density at radius 1 is 1.40 bits per heavy atom. The smallest absolute Gasteiger partial charge is 0.287 e. The minimum Gasteiger partial charge on any atom is -0.287 e. The molecule has 6 nitrogen and oxygen atoms in total. The van der Waals surface area contributed by atoms with Crippen LogP contribution in [0.4, 0.5) is 0 Å². The van der Waals surface area contributed by atoms with Crippen molar-refractivity contribution in [2.75, 3.05) is 7.05 Å². The van der Waals surface area contributed by atoms with E-state index in [9.17, 15) is 4.79 Å². The van der Waals surface area contributed by atoms with Gasteiger partial charge in [-0.3, -0.25) is 4.99 Å². The third-order valence-electron chi connectivity index (χ3n) is 3.08. The number of nitrogens with zero attached hydrogens (tertiary/aromatic N) is 5. The van der Waals surface area contributed by atoms with Crippen molar-refractivity contribution in [1.29, 1.82) is 0 Å². The molecule has 0 aliphatic rings. The second-order valence-corrected chi connectivity index (χ2v) is 5.57. The van der Waals surface area contributed by atoms with Crippen molar-refractivity contribution >= 4 is 16.8 Å². The van der Waals surface area contributed by atoms with Gasteiger partial charge in [0.2, 0.25) is 0 Å². The monoisotopic (exact) mass is 291 g/mol. The lowest BCUT2D eigenvalue weighted by molar-refractivity contribution is 0.692. The van der Waals surface area contributed by atoms with Crippen LogP contribution in [-0.4, -0.2) is 31.9 Å². The normalized spacial score (nSPS) is 11.9. The van der Waals surface area contributed by atoms with Crippen LogP contribution in [0.2, 0.25) is 0 Å². The third kappa shape index (κ3) is 2.82. The molecule has 0 amide bonds. The van der Waals surface area contributed by atoms with E-state index in [0.29, 0.717) is 0 Å². The number of tetrazole rings is 1. The Morgan fingerprint density at radius 3 is 2.75 bits per heavy atom. The second-order valence-electron chi connectivity index (χ2n) is 4.40. The molecule has 2 rings (SSSR count). The zero-order chi connectivity index (χ0) is 14.7. The van der Waals surface area contributed by atoms with Crippen LogP contribution in [0, 0.1) is 6.92 Å². The van der Waals surface area contributed by atoms with E-state index in [-0.39, 0.29) is 5.69 Å². The summed E-state index contributed by atoms with van der Waals surface area (Å²) in [6.45, 7) is 4.00. The van der Waals surface area contributed by atoms with Gasteiger partial charge in [-0.15, -0.1) is 11.8 Å². The zero-order valence-corrected chi connectivity index (χ0v) is 12.8. The summed E-state index contributed by atoms with van der Waals surface area (Å²) >= 11 is 1.64. The van der Waals surface area contributed by atoms with Gasteiger partial charge in [-0.2, -0.15) is 9.36 Å². The van der Waals surface area contributed by atoms with Crippen LogP contribution in [0.15, 0.2) is 28.0 Å². The molecular weight excluding hydrogens is 274 g/mol. The van der Waals surface area contributed by atoms with Crippen LogP contribution in [0.5, 0.6) is 0 Å². The van der Waals surface area contributed by atoms with Crippen LogP contribution in [0.25, 0.3) is 5.69 Å². The van der Waals surface area contributed by atoms with Crippen LogP contribution < -0.4 is 5.69 Å². The lowest BCUT2D eigenvalue weighted by Gasteiger charge is -2.10. The van der Waals surface area contributed by atoms with E-state index in [0.717, 1.165) is 27.6 Å². The molecule has 106 valence electrons. The molecule has 0 unspecified atom stereocenters. The first-order chi connectivity index (χ1) is 9.54. The maximum absolute atomic E-state index is 12.0. The Bertz CT molecular complexity index is 701. The standard InChI is InChI=1S/C13H17N5OS/c1-9-6-5-7-12(11(9)8-20-10(2)14-3)18-13(19)17(4)15-16-18/h5-7H,8H2,1-4H3. The molecule has 0 fully saturated rings. The minimum atomic E-state index is -0.247. The summed E-state index contributed by atoms with van der Waals surface area (Å²) < 4.78 is 2.55. The molecule has 0 aliphatic carbocycles. The average Bonchev–Trinajstić information content (AvgIpc) is 2.77. The highest BCUT2D eigenvalue weighted by Crippen LogP contribution is 2.23. The first-order valence-electron chi connectivity index (χ1n) is 6.18. The van der Waals surface area contributed by atoms with E-state index in [1.54, 1.807) is 25.9 Å². The quantitative estimate of drug-likeness (QED) is 0.636. The van der Waals surface area contributed by atoms with E-state index >= 15 is 0 Å². The number of thioether (sulfide) groups is 1. The Morgan fingerprint density at radius 2 is 2.15 bits per heavy atom. The van der Waals surface area contributed by atoms with Gasteiger partial charge in [0.1, 0.15) is 0 Å². The molecule has 0 bridgehead atoms. The van der Waals surface area contributed by atoms with Gasteiger partial charge in [0.15, 0.2) is 0 Å². The number of rotatable bonds is 3. The molecule has 2 aromatic rings. The first-order valence-corrected chi connectivity index (χ1v) is 7.17. The average molecular weight is 291 g/mol. The van der Waals surface area contributed by atoms with E-state index in [4.69, 9.17) is 0 Å². The first kappa shape index (κ1) is 14.5. The lowest BCUT2D eigenvalue weighted by atomic mass is 10.1. The van der Waals surface area contributed by atoms with Gasteiger partial charge in [-0.05, 0) is 41.5 Å². The van der Waals surface area contributed by atoms with Crippen LogP contribution in [-0.2, 0) is 12.8 Å². The fraction of sp³-hybridized carbons (Fsp3) is 0.385. The fourth-order valence-corrected chi connectivity index (χ4v) is 2.64. The Kier molecular flexibility index (Phi) is 4.39. The van der Waals surface area contributed by atoms with Gasteiger partial charge < -0.3 is 0 Å². The van der Waals surface area contributed by atoms with Gasteiger partial charge >= 0.3 is 5.69 Å². The maximum Gasteiger partial charge on any atom is 0.368 e. The van der Waals surface area contributed by atoms with Crippen molar-refractivity contribution in [3.8, 4) is 5.69 Å². The highest BCUT2D eigenvalue weighted by atomic mass is 32.2. The molecule has 1 aromatic heterocycles. The fourth-order valence-electron chi connectivity index (χ4n) is 1.78. The predicted octanol–water partition coefficient (Wildman–Crippen LogP) is 1.56. The number of benzene rings is 1. The number of aryl methyl sites for hydroxylation is 2. The minimum absolute atomic E-state index is 0.247. The van der Waals surface area contributed by atoms with Gasteiger partial charge in [0.25, 0.3) is 0 Å². The molecule has 1 aromatic carbocycles. The van der Waals surface area contributed by atoms with E-state index in [2.05, 4.69) is 15.4 Å². The number of aliphatic imine (C=N–C) groups is 1. The molecule has 20 heavy (non-hydrogen) atoms. The zero-order valence-electron chi connectivity index (χ0n) is 12.0. The molecule has 0 N–H and O–H groups in total. The van der Waals surface area contributed by atoms with Gasteiger partial charge in [-0.25, -0.2) is 4.79 Å². The van der Waals surface area contributed by atoms with E-state index in [1.807, 2.05) is 32.0 Å². The lowest BCUT2D eigenvalue weighted by Crippen LogP contribution is -2.23. The van der Waals surface area contributed by atoms with Crippen molar-refractivity contribution in [3.05, 3.63) is 39.8 Å². The molecule has 0 aliphatic heterocycles. The van der Waals surface area contributed by atoms with Gasteiger partial charge in [-0.1, -0.05) is 12.1 Å². The van der Waals surface area contributed by atoms with Crippen molar-refractivity contribution in [1.82, 2.24) is 19.8 Å². The summed E-state index contributed by atoms with van der Waals surface area (Å²) in [5.41, 5.74) is 2.72. The summed E-state index contributed by atoms with van der Waals surface area (Å²) in [4.78, 5) is 16.1. The number of aromatic nitrogens is 4. The summed E-state index contributed by atoms with van der Waals surface area (Å²) in [6.07, 6.45) is 0. The predicted molar refractivity (Wildman–Crippen MR) is 81.7 cm³/mol. The molecule has 7 heteroatoms. The number of hydrogen-bond acceptors (Lipinski definition) is 5. The van der Waals surface area contributed by atoms with Crippen molar-refractivity contribution in [2.45, 2.75) is 19.6 Å². The van der Waals surface area contributed by atoms with Crippen LogP contribution >= 0.6 is 11.8 Å². The molecule has 0 radical (unpaired) electrons. The molecule has 0 atom stereocenters. The largest absolute Gasteiger partial charge is 0.368 e. The summed E-state index contributed by atoms with van der Waals surface area (Å²) in [7, 11) is 3.36. The Balaban J connectivity index is 2.46. The molecule has 0 saturated heterocycles. The Hall–Kier alpha value is -1.89. The summed E-state index contributed by atoms with van der Waals surface area (Å²) in [5, 5.41) is 8.68. The van der Waals surface area contributed by atoms with Crippen molar-refractivity contribution < 1.29 is 0 Å². The van der Waals surface area contributed by atoms with Crippen LogP contribution in [0.3, 0.4) is 0 Å². The molecule has 1 heterocycles. The molecule has 0 saturated carbocycles. The van der Waals surface area contributed by atoms with Crippen molar-refractivity contribution in [2.24, 2.45) is 12.0 Å². The van der Waals surface area contributed by atoms with Crippen molar-refractivity contribution in [3.63, 3.8) is 0 Å². The highest BCUT2D eigenvalue weighted by molar-refractivity contribution is 8.13. The second kappa shape index (κ2) is 6.04. The molecular formula is C13H17N5OS. The Labute approximate surface area is 121 Å². The topological polar surface area (TPSA) is 65.1 Å². The SMILES string of the molecule is CN=C(C)SCc1c(C)cccc1-n1nnn(C)c1=O. The maximum atomic E-state index is 12.0. The van der Waals surface area contributed by atoms with Gasteiger partial charge in [0.05, 0.1) is 10.7 Å². The summed E-state index contributed by atoms with van der Waals surface area (Å²) in [5.74, 6) is 0.744. The number of hydrogen-bond donors (Lipinski definition) is 0. The van der Waals surface area contributed by atoms with E-state index in [1.165, 1.54) is 9.36 Å². The van der Waals surface area contributed by atoms with E-state index < -0.39 is 0 Å².